The smallest absolute Gasteiger partial charge is 0.220 e. The summed E-state index contributed by atoms with van der Waals surface area (Å²) in [6.07, 6.45) is 1.03. The van der Waals surface area contributed by atoms with Gasteiger partial charge < -0.3 is 10.4 Å². The minimum atomic E-state index is -0.870. The quantitative estimate of drug-likeness (QED) is 0.862. The average molecular weight is 306 g/mol. The SMILES string of the molecule is CC(C)C(C)(O)CNC(=O)CCc1nc2ccccc2s1. The summed E-state index contributed by atoms with van der Waals surface area (Å²) in [5, 5.41) is 13.9. The first-order chi connectivity index (χ1) is 9.88. The summed E-state index contributed by atoms with van der Waals surface area (Å²) < 4.78 is 1.15. The van der Waals surface area contributed by atoms with Gasteiger partial charge in [0, 0.05) is 19.4 Å². The molecular weight excluding hydrogens is 284 g/mol. The van der Waals surface area contributed by atoms with Crippen LogP contribution in [0.2, 0.25) is 0 Å². The largest absolute Gasteiger partial charge is 0.388 e. The lowest BCUT2D eigenvalue weighted by molar-refractivity contribution is -0.122. The molecule has 21 heavy (non-hydrogen) atoms. The summed E-state index contributed by atoms with van der Waals surface area (Å²) in [5.41, 5.74) is 0.117. The van der Waals surface area contributed by atoms with Crippen molar-refractivity contribution in [3.05, 3.63) is 29.3 Å². The van der Waals surface area contributed by atoms with E-state index in [-0.39, 0.29) is 18.4 Å². The van der Waals surface area contributed by atoms with Gasteiger partial charge in [0.25, 0.3) is 0 Å². The van der Waals surface area contributed by atoms with Crippen LogP contribution in [0.3, 0.4) is 0 Å². The van der Waals surface area contributed by atoms with Crippen molar-refractivity contribution >= 4 is 27.5 Å². The van der Waals surface area contributed by atoms with Crippen molar-refractivity contribution < 1.29 is 9.90 Å². The lowest BCUT2D eigenvalue weighted by Crippen LogP contribution is -2.44. The van der Waals surface area contributed by atoms with Crippen LogP contribution in [0.4, 0.5) is 0 Å². The lowest BCUT2D eigenvalue weighted by Gasteiger charge is -2.27. The first kappa shape index (κ1) is 15.9. The molecular formula is C16H22N2O2S. The van der Waals surface area contributed by atoms with E-state index >= 15 is 0 Å². The Morgan fingerprint density at radius 2 is 2.14 bits per heavy atom. The van der Waals surface area contributed by atoms with Crippen LogP contribution in [0.5, 0.6) is 0 Å². The first-order valence-electron chi connectivity index (χ1n) is 7.22. The van der Waals surface area contributed by atoms with Gasteiger partial charge in [-0.3, -0.25) is 4.79 Å². The third-order valence-electron chi connectivity index (χ3n) is 3.79. The molecule has 0 radical (unpaired) electrons. The predicted octanol–water partition coefficient (Wildman–Crippen LogP) is 2.75. The molecule has 0 saturated heterocycles. The van der Waals surface area contributed by atoms with Gasteiger partial charge >= 0.3 is 0 Å². The first-order valence-corrected chi connectivity index (χ1v) is 8.03. The van der Waals surface area contributed by atoms with E-state index in [1.807, 2.05) is 38.1 Å². The zero-order valence-corrected chi connectivity index (χ0v) is 13.5. The van der Waals surface area contributed by atoms with E-state index in [0.717, 1.165) is 15.2 Å². The van der Waals surface area contributed by atoms with Crippen LogP contribution in [-0.4, -0.2) is 28.1 Å². The molecule has 5 heteroatoms. The van der Waals surface area contributed by atoms with E-state index in [4.69, 9.17) is 0 Å². The summed E-state index contributed by atoms with van der Waals surface area (Å²) >= 11 is 1.63. The maximum atomic E-state index is 11.9. The van der Waals surface area contributed by atoms with Crippen LogP contribution < -0.4 is 5.32 Å². The van der Waals surface area contributed by atoms with Gasteiger partial charge in [-0.25, -0.2) is 4.98 Å². The molecule has 2 rings (SSSR count). The van der Waals surface area contributed by atoms with Gasteiger partial charge in [0.15, 0.2) is 0 Å². The van der Waals surface area contributed by atoms with Crippen molar-refractivity contribution in [2.24, 2.45) is 5.92 Å². The Balaban J connectivity index is 1.84. The Labute approximate surface area is 129 Å². The van der Waals surface area contributed by atoms with Crippen molar-refractivity contribution in [3.8, 4) is 0 Å². The van der Waals surface area contributed by atoms with Crippen molar-refractivity contribution in [3.63, 3.8) is 0 Å². The third-order valence-corrected chi connectivity index (χ3v) is 4.89. The van der Waals surface area contributed by atoms with E-state index in [2.05, 4.69) is 10.3 Å². The highest BCUT2D eigenvalue weighted by Crippen LogP contribution is 2.22. The molecule has 2 aromatic rings. The highest BCUT2D eigenvalue weighted by Gasteiger charge is 2.25. The Kier molecular flexibility index (Phi) is 4.96. The molecule has 1 amide bonds. The van der Waals surface area contributed by atoms with Gasteiger partial charge in [0.2, 0.25) is 5.91 Å². The second kappa shape index (κ2) is 6.54. The van der Waals surface area contributed by atoms with E-state index in [9.17, 15) is 9.90 Å². The fourth-order valence-corrected chi connectivity index (χ4v) is 2.78. The van der Waals surface area contributed by atoms with Crippen molar-refractivity contribution in [2.45, 2.75) is 39.2 Å². The molecule has 1 heterocycles. The van der Waals surface area contributed by atoms with Gasteiger partial charge in [-0.15, -0.1) is 11.3 Å². The van der Waals surface area contributed by atoms with Crippen LogP contribution in [0.25, 0.3) is 10.2 Å². The number of para-hydroxylation sites is 1. The predicted molar refractivity (Wildman–Crippen MR) is 86.4 cm³/mol. The number of carbonyl (C=O) groups is 1. The van der Waals surface area contributed by atoms with Gasteiger partial charge in [-0.05, 0) is 25.0 Å². The number of nitrogens with one attached hydrogen (secondary N) is 1. The molecule has 0 aliphatic rings. The molecule has 1 aromatic heterocycles. The minimum absolute atomic E-state index is 0.0461. The molecule has 2 N–H and O–H groups in total. The fourth-order valence-electron chi connectivity index (χ4n) is 1.82. The number of amides is 1. The molecule has 114 valence electrons. The van der Waals surface area contributed by atoms with Crippen LogP contribution in [0, 0.1) is 5.92 Å². The normalized spacial score (nSPS) is 14.3. The van der Waals surface area contributed by atoms with Gasteiger partial charge in [0.05, 0.1) is 20.8 Å². The summed E-state index contributed by atoms with van der Waals surface area (Å²) in [5.74, 6) is 0.0530. The Bertz CT molecular complexity index is 587. The Morgan fingerprint density at radius 3 is 2.81 bits per heavy atom. The zero-order chi connectivity index (χ0) is 15.5. The van der Waals surface area contributed by atoms with Crippen LogP contribution in [-0.2, 0) is 11.2 Å². The summed E-state index contributed by atoms with van der Waals surface area (Å²) in [6.45, 7) is 5.90. The Morgan fingerprint density at radius 1 is 1.43 bits per heavy atom. The maximum Gasteiger partial charge on any atom is 0.220 e. The van der Waals surface area contributed by atoms with Crippen molar-refractivity contribution in [1.82, 2.24) is 10.3 Å². The lowest BCUT2D eigenvalue weighted by atomic mass is 9.92. The monoisotopic (exact) mass is 306 g/mol. The number of hydrogen-bond acceptors (Lipinski definition) is 4. The van der Waals surface area contributed by atoms with E-state index in [0.29, 0.717) is 12.8 Å². The molecule has 0 saturated carbocycles. The zero-order valence-electron chi connectivity index (χ0n) is 12.7. The summed E-state index contributed by atoms with van der Waals surface area (Å²) in [4.78, 5) is 16.4. The van der Waals surface area contributed by atoms with E-state index < -0.39 is 5.60 Å². The standard InChI is InChI=1S/C16H22N2O2S/c1-11(2)16(3,20)10-17-14(19)8-9-15-18-12-6-4-5-7-13(12)21-15/h4-7,11,20H,8-10H2,1-3H3,(H,17,19). The van der Waals surface area contributed by atoms with Crippen LogP contribution in [0.15, 0.2) is 24.3 Å². The minimum Gasteiger partial charge on any atom is -0.388 e. The van der Waals surface area contributed by atoms with Crippen LogP contribution >= 0.6 is 11.3 Å². The molecule has 1 unspecified atom stereocenters. The molecule has 1 atom stereocenters. The van der Waals surface area contributed by atoms with Gasteiger partial charge in [-0.2, -0.15) is 0 Å². The summed E-state index contributed by atoms with van der Waals surface area (Å²) in [7, 11) is 0. The number of hydrogen-bond donors (Lipinski definition) is 2. The average Bonchev–Trinajstić information content (AvgIpc) is 2.85. The molecule has 0 spiro atoms. The number of nitrogens with zero attached hydrogens (tertiary/aromatic N) is 1. The number of carbonyl (C=O) groups excluding carboxylic acids is 1. The van der Waals surface area contributed by atoms with Crippen LogP contribution in [0.1, 0.15) is 32.2 Å². The fraction of sp³-hybridized carbons (Fsp3) is 0.500. The van der Waals surface area contributed by atoms with Crippen molar-refractivity contribution in [1.29, 1.82) is 0 Å². The molecule has 0 aliphatic carbocycles. The topological polar surface area (TPSA) is 62.2 Å². The third kappa shape index (κ3) is 4.25. The number of aliphatic hydroxyl groups is 1. The molecule has 0 aliphatic heterocycles. The number of rotatable bonds is 6. The highest BCUT2D eigenvalue weighted by atomic mass is 32.1. The van der Waals surface area contributed by atoms with Gasteiger partial charge in [0.1, 0.15) is 0 Å². The second-order valence-electron chi connectivity index (χ2n) is 5.86. The number of fused-ring (bicyclic) bond motifs is 1. The van der Waals surface area contributed by atoms with Crippen molar-refractivity contribution in [2.75, 3.05) is 6.54 Å². The number of aryl methyl sites for hydroxylation is 1. The Hall–Kier alpha value is -1.46. The summed E-state index contributed by atoms with van der Waals surface area (Å²) in [6, 6.07) is 7.98. The highest BCUT2D eigenvalue weighted by molar-refractivity contribution is 7.18. The molecule has 4 nitrogen and oxygen atoms in total. The molecule has 0 bridgehead atoms. The van der Waals surface area contributed by atoms with E-state index in [1.165, 1.54) is 0 Å². The number of thiazole rings is 1. The second-order valence-corrected chi connectivity index (χ2v) is 6.98. The maximum absolute atomic E-state index is 11.9. The number of aromatic nitrogens is 1. The molecule has 1 aromatic carbocycles. The number of benzene rings is 1. The molecule has 0 fully saturated rings. The van der Waals surface area contributed by atoms with Gasteiger partial charge in [-0.1, -0.05) is 26.0 Å². The van der Waals surface area contributed by atoms with E-state index in [1.54, 1.807) is 18.3 Å².